The van der Waals surface area contributed by atoms with Crippen molar-refractivity contribution in [3.63, 3.8) is 0 Å². The van der Waals surface area contributed by atoms with Gasteiger partial charge in [0, 0.05) is 11.3 Å². The van der Waals surface area contributed by atoms with Crippen LogP contribution in [0.2, 0.25) is 0 Å². The van der Waals surface area contributed by atoms with E-state index >= 15 is 0 Å². The predicted molar refractivity (Wildman–Crippen MR) is 116 cm³/mol. The molecule has 10 nitrogen and oxygen atoms in total. The second-order valence-electron chi connectivity index (χ2n) is 6.81. The third-order valence-electron chi connectivity index (χ3n) is 4.76. The van der Waals surface area contributed by atoms with E-state index in [0.717, 1.165) is 11.4 Å². The third kappa shape index (κ3) is 4.56. The standard InChI is InChI=1S/C20H19N7O3S/c1-31-9-8-17-20(30)23-16-7-4-13(10-15(16)19(29)24-17)22-18(28)12-2-5-14(6-3-12)27-11-21-25-26-27/h2-7,10-11,17H,8-9H2,1H3,(H,22,28)(H,23,30)(H,24,29)/t17-/m0/s1. The average Bonchev–Trinajstić information content (AvgIpc) is 3.28. The summed E-state index contributed by atoms with van der Waals surface area (Å²) in [6.07, 6.45) is 3.94. The van der Waals surface area contributed by atoms with E-state index < -0.39 is 6.04 Å². The SMILES string of the molecule is CSCC[C@@H]1NC(=O)c2cc(NC(=O)c3ccc(-n4cnnn4)cc3)ccc2NC1=O. The van der Waals surface area contributed by atoms with E-state index in [4.69, 9.17) is 0 Å². The summed E-state index contributed by atoms with van der Waals surface area (Å²) in [5.74, 6) is -0.191. The second-order valence-corrected chi connectivity index (χ2v) is 7.80. The zero-order chi connectivity index (χ0) is 21.8. The first kappa shape index (κ1) is 20.5. The Bertz CT molecular complexity index is 1120. The zero-order valence-corrected chi connectivity index (χ0v) is 17.3. The molecule has 158 valence electrons. The summed E-state index contributed by atoms with van der Waals surface area (Å²) in [4.78, 5) is 37.6. The number of rotatable bonds is 6. The van der Waals surface area contributed by atoms with Crippen LogP contribution < -0.4 is 16.0 Å². The number of hydrogen-bond acceptors (Lipinski definition) is 7. The van der Waals surface area contributed by atoms with Gasteiger partial charge in [0.25, 0.3) is 11.8 Å². The molecule has 0 saturated carbocycles. The molecule has 2 heterocycles. The normalized spacial score (nSPS) is 15.5. The van der Waals surface area contributed by atoms with Gasteiger partial charge in [0.05, 0.1) is 16.9 Å². The van der Waals surface area contributed by atoms with E-state index in [1.54, 1.807) is 54.2 Å². The molecule has 31 heavy (non-hydrogen) atoms. The number of thioether (sulfide) groups is 1. The lowest BCUT2D eigenvalue weighted by Gasteiger charge is -2.13. The first-order chi connectivity index (χ1) is 15.0. The molecule has 2 aromatic carbocycles. The number of amides is 3. The molecule has 0 spiro atoms. The van der Waals surface area contributed by atoms with Crippen molar-refractivity contribution in [3.05, 3.63) is 59.9 Å². The van der Waals surface area contributed by atoms with Crippen molar-refractivity contribution in [2.45, 2.75) is 12.5 Å². The summed E-state index contributed by atoms with van der Waals surface area (Å²) < 4.78 is 1.48. The van der Waals surface area contributed by atoms with Crippen LogP contribution in [-0.4, -0.2) is 56.0 Å². The van der Waals surface area contributed by atoms with Crippen molar-refractivity contribution in [2.24, 2.45) is 0 Å². The minimum atomic E-state index is -0.593. The highest BCUT2D eigenvalue weighted by atomic mass is 32.2. The van der Waals surface area contributed by atoms with E-state index in [9.17, 15) is 14.4 Å². The van der Waals surface area contributed by atoms with E-state index in [0.29, 0.717) is 28.9 Å². The Balaban J connectivity index is 1.49. The van der Waals surface area contributed by atoms with Crippen molar-refractivity contribution < 1.29 is 14.4 Å². The molecule has 0 saturated heterocycles. The fourth-order valence-corrected chi connectivity index (χ4v) is 3.60. The Morgan fingerprint density at radius 3 is 2.71 bits per heavy atom. The molecule has 0 aliphatic carbocycles. The molecule has 0 unspecified atom stereocenters. The Morgan fingerprint density at radius 1 is 1.19 bits per heavy atom. The third-order valence-corrected chi connectivity index (χ3v) is 5.40. The number of anilines is 2. The lowest BCUT2D eigenvalue weighted by Crippen LogP contribution is -2.41. The minimum absolute atomic E-state index is 0.249. The number of nitrogens with one attached hydrogen (secondary N) is 3. The van der Waals surface area contributed by atoms with Gasteiger partial charge in [-0.05, 0) is 71.3 Å². The van der Waals surface area contributed by atoms with Crippen molar-refractivity contribution in [1.82, 2.24) is 25.5 Å². The second kappa shape index (κ2) is 8.96. The fourth-order valence-electron chi connectivity index (χ4n) is 3.13. The largest absolute Gasteiger partial charge is 0.340 e. The monoisotopic (exact) mass is 437 g/mol. The van der Waals surface area contributed by atoms with Gasteiger partial charge in [0.15, 0.2) is 0 Å². The quantitative estimate of drug-likeness (QED) is 0.535. The molecule has 1 aromatic heterocycles. The van der Waals surface area contributed by atoms with Crippen LogP contribution in [0.25, 0.3) is 5.69 Å². The maximum atomic E-state index is 12.6. The molecule has 3 N–H and O–H groups in total. The summed E-state index contributed by atoms with van der Waals surface area (Å²) in [5, 5.41) is 19.3. The lowest BCUT2D eigenvalue weighted by atomic mass is 10.1. The Hall–Kier alpha value is -3.73. The first-order valence-corrected chi connectivity index (χ1v) is 10.8. The van der Waals surface area contributed by atoms with Gasteiger partial charge in [0.1, 0.15) is 12.4 Å². The molecule has 1 atom stereocenters. The maximum Gasteiger partial charge on any atom is 0.255 e. The van der Waals surface area contributed by atoms with Crippen LogP contribution in [0.1, 0.15) is 27.1 Å². The summed E-state index contributed by atoms with van der Waals surface area (Å²) in [7, 11) is 0. The van der Waals surface area contributed by atoms with Crippen molar-refractivity contribution in [1.29, 1.82) is 0 Å². The van der Waals surface area contributed by atoms with Crippen LogP contribution >= 0.6 is 11.8 Å². The number of carbonyl (C=O) groups is 3. The van der Waals surface area contributed by atoms with E-state index in [1.165, 1.54) is 11.0 Å². The Labute approximate surface area is 181 Å². The van der Waals surface area contributed by atoms with Crippen molar-refractivity contribution in [3.8, 4) is 5.69 Å². The molecule has 4 rings (SSSR count). The predicted octanol–water partition coefficient (Wildman–Crippen LogP) is 1.72. The van der Waals surface area contributed by atoms with Gasteiger partial charge in [-0.15, -0.1) is 5.10 Å². The van der Waals surface area contributed by atoms with Gasteiger partial charge in [-0.2, -0.15) is 11.8 Å². The van der Waals surface area contributed by atoms with Crippen LogP contribution in [0.5, 0.6) is 0 Å². The zero-order valence-electron chi connectivity index (χ0n) is 16.5. The van der Waals surface area contributed by atoms with Gasteiger partial charge < -0.3 is 16.0 Å². The number of carbonyl (C=O) groups excluding carboxylic acids is 3. The molecule has 0 fully saturated rings. The van der Waals surface area contributed by atoms with Gasteiger partial charge in [-0.1, -0.05) is 0 Å². The number of benzene rings is 2. The molecule has 3 amide bonds. The highest BCUT2D eigenvalue weighted by Gasteiger charge is 2.27. The maximum absolute atomic E-state index is 12.6. The van der Waals surface area contributed by atoms with Crippen LogP contribution in [0, 0.1) is 0 Å². The minimum Gasteiger partial charge on any atom is -0.340 e. The molecule has 0 bridgehead atoms. The van der Waals surface area contributed by atoms with E-state index in [2.05, 4.69) is 31.5 Å². The van der Waals surface area contributed by atoms with Crippen LogP contribution in [0.4, 0.5) is 11.4 Å². The number of hydrogen-bond donors (Lipinski definition) is 3. The van der Waals surface area contributed by atoms with Gasteiger partial charge in [-0.25, -0.2) is 4.68 Å². The van der Waals surface area contributed by atoms with Crippen LogP contribution in [0.3, 0.4) is 0 Å². The summed E-state index contributed by atoms with van der Waals surface area (Å²) in [6, 6.07) is 11.0. The molecule has 3 aromatic rings. The Kier molecular flexibility index (Phi) is 5.94. The van der Waals surface area contributed by atoms with Crippen molar-refractivity contribution >= 4 is 40.9 Å². The molecule has 0 radical (unpaired) electrons. The lowest BCUT2D eigenvalue weighted by molar-refractivity contribution is -0.117. The first-order valence-electron chi connectivity index (χ1n) is 9.44. The Morgan fingerprint density at radius 2 is 2.00 bits per heavy atom. The van der Waals surface area contributed by atoms with E-state index in [1.807, 2.05) is 6.26 Å². The number of tetrazole rings is 1. The van der Waals surface area contributed by atoms with E-state index in [-0.39, 0.29) is 17.7 Å². The van der Waals surface area contributed by atoms with Crippen LogP contribution in [0.15, 0.2) is 48.8 Å². The highest BCUT2D eigenvalue weighted by molar-refractivity contribution is 7.98. The number of nitrogens with zero attached hydrogens (tertiary/aromatic N) is 4. The van der Waals surface area contributed by atoms with Gasteiger partial charge in [-0.3, -0.25) is 14.4 Å². The molecule has 11 heteroatoms. The summed E-state index contributed by atoms with van der Waals surface area (Å²) in [5.41, 5.74) is 2.31. The molecule has 1 aliphatic heterocycles. The van der Waals surface area contributed by atoms with Crippen LogP contribution in [-0.2, 0) is 4.79 Å². The summed E-state index contributed by atoms with van der Waals surface area (Å²) >= 11 is 1.61. The number of fused-ring (bicyclic) bond motifs is 1. The van der Waals surface area contributed by atoms with Gasteiger partial charge >= 0.3 is 0 Å². The topological polar surface area (TPSA) is 131 Å². The molecular formula is C20H19N7O3S. The van der Waals surface area contributed by atoms with Gasteiger partial charge in [0.2, 0.25) is 5.91 Å². The smallest absolute Gasteiger partial charge is 0.255 e. The number of aromatic nitrogens is 4. The fraction of sp³-hybridized carbons (Fsp3) is 0.200. The van der Waals surface area contributed by atoms with Crippen molar-refractivity contribution in [2.75, 3.05) is 22.6 Å². The highest BCUT2D eigenvalue weighted by Crippen LogP contribution is 2.24. The molecule has 1 aliphatic rings. The summed E-state index contributed by atoms with van der Waals surface area (Å²) in [6.45, 7) is 0. The average molecular weight is 437 g/mol. The molecular weight excluding hydrogens is 418 g/mol.